The van der Waals surface area contributed by atoms with Gasteiger partial charge in [0, 0.05) is 56.5 Å². The van der Waals surface area contributed by atoms with Crippen molar-refractivity contribution in [3.8, 4) is 0 Å². The van der Waals surface area contributed by atoms with Crippen LogP contribution < -0.4 is 5.32 Å². The van der Waals surface area contributed by atoms with Crippen molar-refractivity contribution in [2.24, 2.45) is 5.92 Å². The lowest BCUT2D eigenvalue weighted by atomic mass is 10.0. The van der Waals surface area contributed by atoms with E-state index in [4.69, 9.17) is 0 Å². The molecular weight excluding hydrogens is 320 g/mol. The van der Waals surface area contributed by atoms with E-state index in [9.17, 15) is 14.7 Å². The quantitative estimate of drug-likeness (QED) is 0.738. The summed E-state index contributed by atoms with van der Waals surface area (Å²) in [6, 6.07) is 7.55. The van der Waals surface area contributed by atoms with E-state index < -0.39 is 11.9 Å². The second-order valence-electron chi connectivity index (χ2n) is 6.67. The number of hydrogen-bond donors (Lipinski definition) is 3. The number of hydrogen-bond acceptors (Lipinski definition) is 4. The first-order valence-corrected chi connectivity index (χ1v) is 8.52. The minimum Gasteiger partial charge on any atom is -0.481 e. The number of nitrogens with one attached hydrogen (secondary N) is 2. The Hall–Kier alpha value is -2.38. The number of rotatable bonds is 6. The maximum absolute atomic E-state index is 12.3. The number of fused-ring (bicyclic) bond motifs is 1. The third-order valence-electron chi connectivity index (χ3n) is 4.69. The summed E-state index contributed by atoms with van der Waals surface area (Å²) in [6.07, 6.45) is 1.82. The van der Waals surface area contributed by atoms with Gasteiger partial charge in [0.1, 0.15) is 0 Å². The van der Waals surface area contributed by atoms with E-state index in [-0.39, 0.29) is 12.3 Å². The van der Waals surface area contributed by atoms with E-state index in [2.05, 4.69) is 27.1 Å². The van der Waals surface area contributed by atoms with Crippen LogP contribution in [0.25, 0.3) is 10.9 Å². The molecule has 7 heteroatoms. The number of carbonyl (C=O) groups excluding carboxylic acids is 1. The molecule has 1 aliphatic heterocycles. The SMILES string of the molecule is CN1CCN(C[C@@H](CC(=O)Nc2ccc3cc[nH]c3c2)C(=O)O)CC1. The number of benzene rings is 1. The highest BCUT2D eigenvalue weighted by molar-refractivity contribution is 5.95. The van der Waals surface area contributed by atoms with Gasteiger partial charge in [0.25, 0.3) is 0 Å². The second-order valence-corrected chi connectivity index (χ2v) is 6.67. The monoisotopic (exact) mass is 344 g/mol. The number of carbonyl (C=O) groups is 2. The zero-order valence-electron chi connectivity index (χ0n) is 14.4. The van der Waals surface area contributed by atoms with E-state index in [1.165, 1.54) is 0 Å². The minimum atomic E-state index is -0.922. The predicted octanol–water partition coefficient (Wildman–Crippen LogP) is 1.44. The van der Waals surface area contributed by atoms with Crippen molar-refractivity contribution in [1.29, 1.82) is 0 Å². The molecule has 0 spiro atoms. The Labute approximate surface area is 146 Å². The maximum Gasteiger partial charge on any atom is 0.308 e. The number of H-pyrrole nitrogens is 1. The van der Waals surface area contributed by atoms with Crippen LogP contribution >= 0.6 is 0 Å². The van der Waals surface area contributed by atoms with Crippen LogP contribution in [0, 0.1) is 5.92 Å². The van der Waals surface area contributed by atoms with Crippen LogP contribution in [-0.2, 0) is 9.59 Å². The van der Waals surface area contributed by atoms with Crippen molar-refractivity contribution < 1.29 is 14.7 Å². The van der Waals surface area contributed by atoms with Gasteiger partial charge in [-0.25, -0.2) is 0 Å². The van der Waals surface area contributed by atoms with Crippen molar-refractivity contribution in [2.75, 3.05) is 45.1 Å². The predicted molar refractivity (Wildman–Crippen MR) is 96.6 cm³/mol. The molecule has 0 radical (unpaired) electrons. The van der Waals surface area contributed by atoms with Crippen LogP contribution in [-0.4, -0.2) is 71.5 Å². The van der Waals surface area contributed by atoms with Crippen molar-refractivity contribution in [1.82, 2.24) is 14.8 Å². The van der Waals surface area contributed by atoms with Crippen molar-refractivity contribution >= 4 is 28.5 Å². The summed E-state index contributed by atoms with van der Waals surface area (Å²) in [6.45, 7) is 3.94. The van der Waals surface area contributed by atoms with E-state index >= 15 is 0 Å². The van der Waals surface area contributed by atoms with Gasteiger partial charge in [0.2, 0.25) is 5.91 Å². The number of anilines is 1. The molecule has 0 unspecified atom stereocenters. The average Bonchev–Trinajstić information content (AvgIpc) is 3.03. The first kappa shape index (κ1) is 17.4. The largest absolute Gasteiger partial charge is 0.481 e. The van der Waals surface area contributed by atoms with Gasteiger partial charge >= 0.3 is 5.97 Å². The fraction of sp³-hybridized carbons (Fsp3) is 0.444. The lowest BCUT2D eigenvalue weighted by Crippen LogP contribution is -2.47. The topological polar surface area (TPSA) is 88.7 Å². The Morgan fingerprint density at radius 3 is 2.72 bits per heavy atom. The van der Waals surface area contributed by atoms with E-state index in [1.54, 1.807) is 0 Å². The first-order valence-electron chi connectivity index (χ1n) is 8.52. The van der Waals surface area contributed by atoms with Gasteiger partial charge in [0.15, 0.2) is 0 Å². The highest BCUT2D eigenvalue weighted by atomic mass is 16.4. The van der Waals surface area contributed by atoms with Crippen LogP contribution in [0.2, 0.25) is 0 Å². The van der Waals surface area contributed by atoms with Gasteiger partial charge in [-0.3, -0.25) is 14.5 Å². The van der Waals surface area contributed by atoms with E-state index in [1.807, 2.05) is 30.5 Å². The first-order chi connectivity index (χ1) is 12.0. The molecule has 2 aromatic rings. The number of aromatic amines is 1. The lowest BCUT2D eigenvalue weighted by Gasteiger charge is -2.33. The molecule has 1 atom stereocenters. The van der Waals surface area contributed by atoms with Crippen molar-refractivity contribution in [2.45, 2.75) is 6.42 Å². The number of likely N-dealkylation sites (N-methyl/N-ethyl adjacent to an activating group) is 1. The summed E-state index contributed by atoms with van der Waals surface area (Å²) in [5, 5.41) is 13.3. The number of nitrogens with zero attached hydrogens (tertiary/aromatic N) is 2. The Kier molecular flexibility index (Phi) is 5.35. The van der Waals surface area contributed by atoms with Crippen molar-refractivity contribution in [3.63, 3.8) is 0 Å². The summed E-state index contributed by atoms with van der Waals surface area (Å²) in [5.41, 5.74) is 1.61. The van der Waals surface area contributed by atoms with Crippen molar-refractivity contribution in [3.05, 3.63) is 30.5 Å². The number of carboxylic acids is 1. The van der Waals surface area contributed by atoms with Crippen LogP contribution in [0.5, 0.6) is 0 Å². The smallest absolute Gasteiger partial charge is 0.308 e. The molecule has 7 nitrogen and oxygen atoms in total. The number of piperazine rings is 1. The molecule has 0 saturated carbocycles. The molecule has 1 saturated heterocycles. The summed E-state index contributed by atoms with van der Waals surface area (Å²) in [7, 11) is 2.06. The molecule has 3 N–H and O–H groups in total. The molecule has 3 rings (SSSR count). The highest BCUT2D eigenvalue weighted by Crippen LogP contribution is 2.18. The summed E-state index contributed by atoms with van der Waals surface area (Å²) >= 11 is 0. The molecule has 134 valence electrons. The van der Waals surface area contributed by atoms with Gasteiger partial charge in [-0.2, -0.15) is 0 Å². The molecule has 25 heavy (non-hydrogen) atoms. The van der Waals surface area contributed by atoms with Gasteiger partial charge < -0.3 is 20.3 Å². The Balaban J connectivity index is 1.57. The van der Waals surface area contributed by atoms with E-state index in [0.29, 0.717) is 12.2 Å². The minimum absolute atomic E-state index is 0.0234. The van der Waals surface area contributed by atoms with Gasteiger partial charge in [0.05, 0.1) is 5.92 Å². The molecule has 1 aromatic heterocycles. The van der Waals surface area contributed by atoms with Gasteiger partial charge in [-0.15, -0.1) is 0 Å². The molecule has 0 bridgehead atoms. The molecular formula is C18H24N4O3. The second kappa shape index (κ2) is 7.67. The number of carboxylic acid groups (broad SMARTS) is 1. The molecule has 1 amide bonds. The number of amides is 1. The summed E-state index contributed by atoms with van der Waals surface area (Å²) in [5.74, 6) is -1.89. The molecule has 1 aliphatic rings. The standard InChI is InChI=1S/C18H24N4O3/c1-21-6-8-22(9-7-21)12-14(18(24)25)10-17(23)20-15-3-2-13-4-5-19-16(13)11-15/h2-5,11,14,19H,6-10,12H2,1H3,(H,20,23)(H,24,25)/t14-/m1/s1. The maximum atomic E-state index is 12.3. The fourth-order valence-electron chi connectivity index (χ4n) is 3.13. The molecule has 1 aromatic carbocycles. The Morgan fingerprint density at radius 1 is 1.24 bits per heavy atom. The zero-order chi connectivity index (χ0) is 17.8. The van der Waals surface area contributed by atoms with Gasteiger partial charge in [-0.05, 0) is 30.6 Å². The third kappa shape index (κ3) is 4.58. The summed E-state index contributed by atoms with van der Waals surface area (Å²) in [4.78, 5) is 31.3. The number of aliphatic carboxylic acids is 1. The number of aromatic nitrogens is 1. The molecule has 0 aliphatic carbocycles. The molecule has 1 fully saturated rings. The Morgan fingerprint density at radius 2 is 2.00 bits per heavy atom. The van der Waals surface area contributed by atoms with E-state index in [0.717, 1.165) is 37.1 Å². The highest BCUT2D eigenvalue weighted by Gasteiger charge is 2.25. The van der Waals surface area contributed by atoms with Crippen LogP contribution in [0.15, 0.2) is 30.5 Å². The molecule has 2 heterocycles. The third-order valence-corrected chi connectivity index (χ3v) is 4.69. The van der Waals surface area contributed by atoms with Gasteiger partial charge in [-0.1, -0.05) is 6.07 Å². The van der Waals surface area contributed by atoms with Crippen LogP contribution in [0.3, 0.4) is 0 Å². The Bertz CT molecular complexity index is 750. The fourth-order valence-corrected chi connectivity index (χ4v) is 3.13. The summed E-state index contributed by atoms with van der Waals surface area (Å²) < 4.78 is 0. The van der Waals surface area contributed by atoms with Crippen LogP contribution in [0.4, 0.5) is 5.69 Å². The average molecular weight is 344 g/mol. The van der Waals surface area contributed by atoms with Crippen LogP contribution in [0.1, 0.15) is 6.42 Å². The zero-order valence-corrected chi connectivity index (χ0v) is 14.4. The normalized spacial score (nSPS) is 17.5. The lowest BCUT2D eigenvalue weighted by molar-refractivity contribution is -0.144.